The van der Waals surface area contributed by atoms with Gasteiger partial charge in [-0.15, -0.1) is 0 Å². The highest BCUT2D eigenvalue weighted by Crippen LogP contribution is 2.35. The molecule has 2 aromatic carbocycles. The first kappa shape index (κ1) is 17.9. The van der Waals surface area contributed by atoms with Crippen LogP contribution in [0.2, 0.25) is 0 Å². The molecule has 24 heavy (non-hydrogen) atoms. The molecule has 0 aliphatic carbocycles. The van der Waals surface area contributed by atoms with Gasteiger partial charge in [-0.25, -0.2) is 9.18 Å². The average Bonchev–Trinajstić information content (AvgIpc) is 2.59. The summed E-state index contributed by atoms with van der Waals surface area (Å²) in [5, 5.41) is 0. The van der Waals surface area contributed by atoms with Gasteiger partial charge in [-0.3, -0.25) is 4.79 Å². The standard InChI is InChI=1S/C17H14BrFO5/c1-22-14-7-10(8-15(23-2)16(14)18)17(21)24-9-13(20)11-5-3-4-6-12(11)19/h3-8H,9H2,1-2H3. The Morgan fingerprint density at radius 3 is 2.21 bits per heavy atom. The Bertz CT molecular complexity index is 750. The number of hydrogen-bond acceptors (Lipinski definition) is 5. The molecule has 0 radical (unpaired) electrons. The van der Waals surface area contributed by atoms with Crippen LogP contribution in [-0.4, -0.2) is 32.6 Å². The predicted molar refractivity (Wildman–Crippen MR) is 88.3 cm³/mol. The lowest BCUT2D eigenvalue weighted by Gasteiger charge is -2.11. The number of rotatable bonds is 6. The smallest absolute Gasteiger partial charge is 0.338 e. The summed E-state index contributed by atoms with van der Waals surface area (Å²) in [5.74, 6) is -1.28. The Morgan fingerprint density at radius 2 is 1.67 bits per heavy atom. The molecule has 0 aliphatic heterocycles. The molecule has 0 bridgehead atoms. The van der Waals surface area contributed by atoms with Gasteiger partial charge in [0.25, 0.3) is 0 Å². The van der Waals surface area contributed by atoms with E-state index in [4.69, 9.17) is 14.2 Å². The third-order valence-corrected chi connectivity index (χ3v) is 3.97. The third kappa shape index (κ3) is 3.91. The predicted octanol–water partition coefficient (Wildman–Crippen LogP) is 3.65. The van der Waals surface area contributed by atoms with E-state index in [2.05, 4.69) is 15.9 Å². The van der Waals surface area contributed by atoms with Gasteiger partial charge >= 0.3 is 5.97 Å². The van der Waals surface area contributed by atoms with E-state index in [9.17, 15) is 14.0 Å². The van der Waals surface area contributed by atoms with E-state index in [0.29, 0.717) is 16.0 Å². The molecule has 0 aliphatic rings. The van der Waals surface area contributed by atoms with E-state index in [1.165, 1.54) is 50.6 Å². The van der Waals surface area contributed by atoms with Crippen molar-refractivity contribution < 1.29 is 28.2 Å². The molecular weight excluding hydrogens is 383 g/mol. The first-order valence-electron chi connectivity index (χ1n) is 6.84. The average molecular weight is 397 g/mol. The van der Waals surface area contributed by atoms with Crippen molar-refractivity contribution in [1.82, 2.24) is 0 Å². The number of esters is 1. The molecule has 0 atom stereocenters. The van der Waals surface area contributed by atoms with Crippen molar-refractivity contribution >= 4 is 27.7 Å². The van der Waals surface area contributed by atoms with Crippen LogP contribution in [0.5, 0.6) is 11.5 Å². The SMILES string of the molecule is COc1cc(C(=O)OCC(=O)c2ccccc2F)cc(OC)c1Br. The lowest BCUT2D eigenvalue weighted by molar-refractivity contribution is 0.0473. The number of methoxy groups -OCH3 is 2. The zero-order chi connectivity index (χ0) is 17.7. The van der Waals surface area contributed by atoms with Crippen LogP contribution in [0.4, 0.5) is 4.39 Å². The molecule has 5 nitrogen and oxygen atoms in total. The lowest BCUT2D eigenvalue weighted by Crippen LogP contribution is -2.15. The molecule has 0 N–H and O–H groups in total. The fourth-order valence-corrected chi connectivity index (χ4v) is 2.52. The topological polar surface area (TPSA) is 61.8 Å². The van der Waals surface area contributed by atoms with Gasteiger partial charge in [0, 0.05) is 0 Å². The van der Waals surface area contributed by atoms with Crippen molar-refractivity contribution in [2.75, 3.05) is 20.8 Å². The molecule has 0 unspecified atom stereocenters. The molecule has 0 spiro atoms. The second-order valence-corrected chi connectivity index (χ2v) is 5.47. The zero-order valence-electron chi connectivity index (χ0n) is 13.0. The van der Waals surface area contributed by atoms with Crippen LogP contribution >= 0.6 is 15.9 Å². The van der Waals surface area contributed by atoms with Gasteiger partial charge in [0.1, 0.15) is 21.8 Å². The van der Waals surface area contributed by atoms with Gasteiger partial charge in [-0.2, -0.15) is 0 Å². The molecule has 0 aromatic heterocycles. The fourth-order valence-electron chi connectivity index (χ4n) is 1.97. The van der Waals surface area contributed by atoms with Crippen LogP contribution in [0.15, 0.2) is 40.9 Å². The van der Waals surface area contributed by atoms with Crippen LogP contribution in [0, 0.1) is 5.82 Å². The summed E-state index contributed by atoms with van der Waals surface area (Å²) in [6, 6.07) is 8.39. The molecule has 126 valence electrons. The molecule has 2 rings (SSSR count). The molecule has 2 aromatic rings. The maximum atomic E-state index is 13.5. The number of carbonyl (C=O) groups is 2. The summed E-state index contributed by atoms with van der Waals surface area (Å²) in [5.41, 5.74) is 0.0181. The van der Waals surface area contributed by atoms with Crippen molar-refractivity contribution in [2.24, 2.45) is 0 Å². The van der Waals surface area contributed by atoms with Crippen molar-refractivity contribution in [3.05, 3.63) is 57.8 Å². The number of carbonyl (C=O) groups excluding carboxylic acids is 2. The molecule has 0 heterocycles. The van der Waals surface area contributed by atoms with E-state index in [1.807, 2.05) is 0 Å². The van der Waals surface area contributed by atoms with Gasteiger partial charge in [-0.1, -0.05) is 12.1 Å². The number of hydrogen-bond donors (Lipinski definition) is 0. The summed E-state index contributed by atoms with van der Waals surface area (Å²) in [4.78, 5) is 24.0. The fraction of sp³-hybridized carbons (Fsp3) is 0.176. The number of ether oxygens (including phenoxy) is 3. The maximum absolute atomic E-state index is 13.5. The quantitative estimate of drug-likeness (QED) is 0.550. The van der Waals surface area contributed by atoms with Gasteiger partial charge in [0.15, 0.2) is 6.61 Å². The Morgan fingerprint density at radius 1 is 1.08 bits per heavy atom. The molecule has 0 saturated carbocycles. The van der Waals surface area contributed by atoms with E-state index < -0.39 is 24.2 Å². The van der Waals surface area contributed by atoms with Gasteiger partial charge in [-0.05, 0) is 40.2 Å². The molecule has 0 saturated heterocycles. The summed E-state index contributed by atoms with van der Waals surface area (Å²) < 4.78 is 29.3. The first-order valence-corrected chi connectivity index (χ1v) is 7.63. The molecular formula is C17H14BrFO5. The van der Waals surface area contributed by atoms with Gasteiger partial charge in [0.05, 0.1) is 25.3 Å². The molecule has 7 heteroatoms. The van der Waals surface area contributed by atoms with Crippen molar-refractivity contribution in [2.45, 2.75) is 0 Å². The Balaban J connectivity index is 2.13. The number of ketones is 1. The largest absolute Gasteiger partial charge is 0.495 e. The van der Waals surface area contributed by atoms with Crippen LogP contribution < -0.4 is 9.47 Å². The van der Waals surface area contributed by atoms with Crippen molar-refractivity contribution in [1.29, 1.82) is 0 Å². The minimum Gasteiger partial charge on any atom is -0.495 e. The van der Waals surface area contributed by atoms with Crippen LogP contribution in [0.25, 0.3) is 0 Å². The number of Topliss-reactive ketones (excluding diaryl/α,β-unsaturated/α-hetero) is 1. The van der Waals surface area contributed by atoms with E-state index >= 15 is 0 Å². The summed E-state index contributed by atoms with van der Waals surface area (Å²) in [7, 11) is 2.88. The Labute approximate surface area is 146 Å². The molecule has 0 amide bonds. The van der Waals surface area contributed by atoms with E-state index in [-0.39, 0.29) is 11.1 Å². The monoisotopic (exact) mass is 396 g/mol. The van der Waals surface area contributed by atoms with Crippen LogP contribution in [0.3, 0.4) is 0 Å². The normalized spacial score (nSPS) is 10.2. The van der Waals surface area contributed by atoms with E-state index in [1.54, 1.807) is 0 Å². The second-order valence-electron chi connectivity index (χ2n) is 4.67. The Kier molecular flexibility index (Phi) is 5.92. The highest BCUT2D eigenvalue weighted by molar-refractivity contribution is 9.10. The lowest BCUT2D eigenvalue weighted by atomic mass is 10.1. The van der Waals surface area contributed by atoms with Crippen LogP contribution in [-0.2, 0) is 4.74 Å². The maximum Gasteiger partial charge on any atom is 0.338 e. The first-order chi connectivity index (χ1) is 11.5. The van der Waals surface area contributed by atoms with Crippen LogP contribution in [0.1, 0.15) is 20.7 Å². The van der Waals surface area contributed by atoms with Crippen molar-refractivity contribution in [3.8, 4) is 11.5 Å². The number of benzene rings is 2. The number of halogens is 2. The zero-order valence-corrected chi connectivity index (χ0v) is 14.6. The van der Waals surface area contributed by atoms with Gasteiger partial charge < -0.3 is 14.2 Å². The minimum atomic E-state index is -0.746. The third-order valence-electron chi connectivity index (χ3n) is 3.19. The highest BCUT2D eigenvalue weighted by atomic mass is 79.9. The second kappa shape index (κ2) is 7.92. The van der Waals surface area contributed by atoms with E-state index in [0.717, 1.165) is 0 Å². The summed E-state index contributed by atoms with van der Waals surface area (Å²) >= 11 is 3.29. The minimum absolute atomic E-state index is 0.128. The van der Waals surface area contributed by atoms with Crippen molar-refractivity contribution in [3.63, 3.8) is 0 Å². The van der Waals surface area contributed by atoms with Gasteiger partial charge in [0.2, 0.25) is 5.78 Å². The highest BCUT2D eigenvalue weighted by Gasteiger charge is 2.18. The molecule has 0 fully saturated rings. The summed E-state index contributed by atoms with van der Waals surface area (Å²) in [6.07, 6.45) is 0. The summed E-state index contributed by atoms with van der Waals surface area (Å²) in [6.45, 7) is -0.569. The Hall–Kier alpha value is -2.41.